The van der Waals surface area contributed by atoms with Crippen molar-refractivity contribution in [2.75, 3.05) is 19.8 Å². The predicted octanol–water partition coefficient (Wildman–Crippen LogP) is 1.68. The molecule has 3 rings (SSSR count). The topological polar surface area (TPSA) is 90.7 Å². The van der Waals surface area contributed by atoms with Gasteiger partial charge in [-0.05, 0) is 37.4 Å². The Morgan fingerprint density at radius 2 is 1.87 bits per heavy atom. The molecule has 2 aliphatic rings. The molecular formula is C15H23ClN2O4S. The summed E-state index contributed by atoms with van der Waals surface area (Å²) in [6.45, 7) is 1.62. The number of nitrogens with one attached hydrogen (secondary N) is 1. The highest BCUT2D eigenvalue weighted by atomic mass is 35.5. The Morgan fingerprint density at radius 3 is 2.61 bits per heavy atom. The summed E-state index contributed by atoms with van der Waals surface area (Å²) in [5.41, 5.74) is 5.72. The second-order valence-corrected chi connectivity index (χ2v) is 7.53. The van der Waals surface area contributed by atoms with E-state index in [1.54, 1.807) is 12.1 Å². The molecule has 0 spiro atoms. The number of rotatable bonds is 4. The van der Waals surface area contributed by atoms with E-state index in [0.717, 1.165) is 25.7 Å². The van der Waals surface area contributed by atoms with Crippen molar-refractivity contribution < 1.29 is 17.9 Å². The average Bonchev–Trinajstić information content (AvgIpc) is 2.80. The summed E-state index contributed by atoms with van der Waals surface area (Å²) in [5, 5.41) is 0. The van der Waals surface area contributed by atoms with Crippen molar-refractivity contribution in [2.24, 2.45) is 11.7 Å². The third-order valence-corrected chi connectivity index (χ3v) is 5.79. The van der Waals surface area contributed by atoms with E-state index in [9.17, 15) is 8.42 Å². The lowest BCUT2D eigenvalue weighted by Crippen LogP contribution is -2.39. The van der Waals surface area contributed by atoms with Gasteiger partial charge in [-0.3, -0.25) is 0 Å². The van der Waals surface area contributed by atoms with Gasteiger partial charge in [0.2, 0.25) is 10.0 Å². The van der Waals surface area contributed by atoms with Crippen LogP contribution < -0.4 is 19.9 Å². The smallest absolute Gasteiger partial charge is 0.240 e. The number of ether oxygens (including phenoxy) is 2. The molecule has 1 fully saturated rings. The van der Waals surface area contributed by atoms with Gasteiger partial charge in [0.1, 0.15) is 0 Å². The maximum Gasteiger partial charge on any atom is 0.240 e. The van der Waals surface area contributed by atoms with Crippen molar-refractivity contribution in [3.63, 3.8) is 0 Å². The molecule has 0 amide bonds. The highest BCUT2D eigenvalue weighted by Crippen LogP contribution is 2.32. The minimum atomic E-state index is -3.57. The Bertz CT molecular complexity index is 638. The largest absolute Gasteiger partial charge is 0.490 e. The van der Waals surface area contributed by atoms with Gasteiger partial charge in [0.15, 0.2) is 11.5 Å². The second-order valence-electron chi connectivity index (χ2n) is 5.81. The summed E-state index contributed by atoms with van der Waals surface area (Å²) in [6, 6.07) is 4.67. The van der Waals surface area contributed by atoms with Gasteiger partial charge >= 0.3 is 0 Å². The second kappa shape index (κ2) is 7.70. The molecule has 130 valence electrons. The van der Waals surface area contributed by atoms with Crippen LogP contribution in [0.25, 0.3) is 0 Å². The van der Waals surface area contributed by atoms with Crippen molar-refractivity contribution >= 4 is 22.4 Å². The van der Waals surface area contributed by atoms with Crippen LogP contribution in [0.2, 0.25) is 0 Å². The zero-order valence-corrected chi connectivity index (χ0v) is 14.5. The molecule has 1 saturated carbocycles. The van der Waals surface area contributed by atoms with Crippen molar-refractivity contribution in [2.45, 2.75) is 36.6 Å². The fourth-order valence-electron chi connectivity index (χ4n) is 3.05. The van der Waals surface area contributed by atoms with Gasteiger partial charge < -0.3 is 15.2 Å². The normalized spacial score (nSPS) is 23.9. The molecule has 0 bridgehead atoms. The van der Waals surface area contributed by atoms with Crippen LogP contribution >= 0.6 is 12.4 Å². The lowest BCUT2D eigenvalue weighted by molar-refractivity contribution is 0.297. The third-order valence-electron chi connectivity index (χ3n) is 4.30. The van der Waals surface area contributed by atoms with Crippen LogP contribution in [0.15, 0.2) is 23.1 Å². The summed E-state index contributed by atoms with van der Waals surface area (Å²) >= 11 is 0. The Morgan fingerprint density at radius 1 is 1.13 bits per heavy atom. The Hall–Kier alpha value is -1.02. The first kappa shape index (κ1) is 18.3. The summed E-state index contributed by atoms with van der Waals surface area (Å²) < 4.78 is 39.0. The number of halogens is 1. The molecule has 2 atom stereocenters. The van der Waals surface area contributed by atoms with E-state index in [1.807, 2.05) is 0 Å². The van der Waals surface area contributed by atoms with Gasteiger partial charge in [0, 0.05) is 18.5 Å². The van der Waals surface area contributed by atoms with Crippen LogP contribution in [-0.4, -0.2) is 34.2 Å². The van der Waals surface area contributed by atoms with E-state index < -0.39 is 10.0 Å². The number of hydrogen-bond donors (Lipinski definition) is 2. The van der Waals surface area contributed by atoms with Gasteiger partial charge in [-0.15, -0.1) is 12.4 Å². The molecule has 1 aliphatic heterocycles. The zero-order valence-electron chi connectivity index (χ0n) is 12.9. The van der Waals surface area contributed by atoms with Crippen LogP contribution in [-0.2, 0) is 10.0 Å². The summed E-state index contributed by atoms with van der Waals surface area (Å²) in [4.78, 5) is 0.208. The quantitative estimate of drug-likeness (QED) is 0.850. The van der Waals surface area contributed by atoms with Crippen molar-refractivity contribution in [3.05, 3.63) is 18.2 Å². The molecule has 0 aromatic heterocycles. The van der Waals surface area contributed by atoms with E-state index >= 15 is 0 Å². The van der Waals surface area contributed by atoms with E-state index in [2.05, 4.69) is 4.72 Å². The zero-order chi connectivity index (χ0) is 15.6. The maximum absolute atomic E-state index is 12.6. The minimum Gasteiger partial charge on any atom is -0.490 e. The first-order chi connectivity index (χ1) is 10.6. The summed E-state index contributed by atoms with van der Waals surface area (Å²) in [5.74, 6) is 1.30. The fraction of sp³-hybridized carbons (Fsp3) is 0.600. The molecular weight excluding hydrogens is 340 g/mol. The molecule has 1 aliphatic carbocycles. The van der Waals surface area contributed by atoms with Gasteiger partial charge in [-0.1, -0.05) is 6.42 Å². The average molecular weight is 363 g/mol. The molecule has 2 unspecified atom stereocenters. The Kier molecular flexibility index (Phi) is 6.13. The van der Waals surface area contributed by atoms with Crippen LogP contribution in [0.5, 0.6) is 11.5 Å². The predicted molar refractivity (Wildman–Crippen MR) is 89.8 cm³/mol. The van der Waals surface area contributed by atoms with E-state index in [0.29, 0.717) is 31.3 Å². The lowest BCUT2D eigenvalue weighted by Gasteiger charge is -2.19. The molecule has 23 heavy (non-hydrogen) atoms. The van der Waals surface area contributed by atoms with Crippen molar-refractivity contribution in [1.82, 2.24) is 4.72 Å². The molecule has 0 saturated heterocycles. The molecule has 6 nitrogen and oxygen atoms in total. The maximum atomic E-state index is 12.6. The van der Waals surface area contributed by atoms with E-state index in [4.69, 9.17) is 15.2 Å². The van der Waals surface area contributed by atoms with Crippen molar-refractivity contribution in [1.29, 1.82) is 0 Å². The highest BCUT2D eigenvalue weighted by molar-refractivity contribution is 7.89. The molecule has 1 heterocycles. The third kappa shape index (κ3) is 4.09. The standard InChI is InChI=1S/C15H22N2O4S.ClH/c16-10-11-3-1-4-13(11)17-22(18,19)12-5-6-14-15(9-12)21-8-2-7-20-14;/h5-6,9,11,13,17H,1-4,7-8,10,16H2;1H. The molecule has 3 N–H and O–H groups in total. The van der Waals surface area contributed by atoms with Gasteiger partial charge in [0.05, 0.1) is 18.1 Å². The monoisotopic (exact) mass is 362 g/mol. The molecule has 0 radical (unpaired) electrons. The van der Waals surface area contributed by atoms with Gasteiger partial charge in [0.25, 0.3) is 0 Å². The molecule has 1 aromatic carbocycles. The molecule has 8 heteroatoms. The minimum absolute atomic E-state index is 0. The number of fused-ring (bicyclic) bond motifs is 1. The van der Waals surface area contributed by atoms with Gasteiger partial charge in [-0.25, -0.2) is 13.1 Å². The first-order valence-electron chi connectivity index (χ1n) is 7.72. The summed E-state index contributed by atoms with van der Waals surface area (Å²) in [6.07, 6.45) is 3.61. The Labute approximate surface area is 143 Å². The van der Waals surface area contributed by atoms with E-state index in [-0.39, 0.29) is 29.3 Å². The van der Waals surface area contributed by atoms with Crippen LogP contribution in [0.1, 0.15) is 25.7 Å². The summed E-state index contributed by atoms with van der Waals surface area (Å²) in [7, 11) is -3.57. The number of hydrogen-bond acceptors (Lipinski definition) is 5. The Balaban J connectivity index is 0.00000192. The lowest BCUT2D eigenvalue weighted by atomic mass is 10.1. The van der Waals surface area contributed by atoms with Crippen LogP contribution in [0.4, 0.5) is 0 Å². The number of sulfonamides is 1. The first-order valence-corrected chi connectivity index (χ1v) is 9.20. The highest BCUT2D eigenvalue weighted by Gasteiger charge is 2.30. The van der Waals surface area contributed by atoms with Crippen molar-refractivity contribution in [3.8, 4) is 11.5 Å². The van der Waals surface area contributed by atoms with Gasteiger partial charge in [-0.2, -0.15) is 0 Å². The van der Waals surface area contributed by atoms with Crippen LogP contribution in [0, 0.1) is 5.92 Å². The number of benzene rings is 1. The fourth-order valence-corrected chi connectivity index (χ4v) is 4.41. The SMILES string of the molecule is Cl.NCC1CCCC1NS(=O)(=O)c1ccc2c(c1)OCCCO2. The van der Waals surface area contributed by atoms with Crippen LogP contribution in [0.3, 0.4) is 0 Å². The number of nitrogens with two attached hydrogens (primary N) is 1. The van der Waals surface area contributed by atoms with E-state index in [1.165, 1.54) is 6.07 Å². The molecule has 1 aromatic rings.